The molecular weight excluding hydrogens is 465 g/mol. The van der Waals surface area contributed by atoms with Crippen LogP contribution in [-0.2, 0) is 6.61 Å². The standard InChI is InChI=1S/C21H14Cl3N3O4/c22-16-8-13(10-26-27-20(28)15-2-1-7-25-19(15)24)9-17(23)18(16)31-11-12-3-5-14(6-4-12)21(29)30/h1-10H,11H2,(H,27,28)(H,29,30). The fourth-order valence-corrected chi connectivity index (χ4v) is 3.29. The van der Waals surface area contributed by atoms with E-state index in [0.29, 0.717) is 5.56 Å². The lowest BCUT2D eigenvalue weighted by Crippen LogP contribution is -2.18. The number of nitrogens with zero attached hydrogens (tertiary/aromatic N) is 2. The van der Waals surface area contributed by atoms with Crippen molar-refractivity contribution >= 4 is 52.9 Å². The Hall–Kier alpha value is -3.13. The molecule has 0 fully saturated rings. The van der Waals surface area contributed by atoms with E-state index in [1.165, 1.54) is 30.6 Å². The molecule has 0 bridgehead atoms. The summed E-state index contributed by atoms with van der Waals surface area (Å²) in [6.45, 7) is 0.148. The number of amides is 1. The van der Waals surface area contributed by atoms with Crippen molar-refractivity contribution < 1.29 is 19.4 Å². The molecule has 31 heavy (non-hydrogen) atoms. The van der Waals surface area contributed by atoms with Crippen molar-refractivity contribution in [1.29, 1.82) is 0 Å². The summed E-state index contributed by atoms with van der Waals surface area (Å²) in [5.41, 5.74) is 4.00. The molecule has 1 heterocycles. The van der Waals surface area contributed by atoms with Gasteiger partial charge in [0.05, 0.1) is 27.4 Å². The SMILES string of the molecule is O=C(O)c1ccc(COc2c(Cl)cc(C=NNC(=O)c3cccnc3Cl)cc2Cl)cc1. The van der Waals surface area contributed by atoms with Crippen LogP contribution in [0.15, 0.2) is 59.8 Å². The molecule has 0 aliphatic rings. The van der Waals surface area contributed by atoms with Crippen molar-refractivity contribution in [3.63, 3.8) is 0 Å². The highest BCUT2D eigenvalue weighted by molar-refractivity contribution is 6.37. The van der Waals surface area contributed by atoms with Gasteiger partial charge in [-0.15, -0.1) is 0 Å². The minimum Gasteiger partial charge on any atom is -0.486 e. The van der Waals surface area contributed by atoms with Gasteiger partial charge in [0.2, 0.25) is 0 Å². The number of carbonyl (C=O) groups is 2. The number of aromatic nitrogens is 1. The van der Waals surface area contributed by atoms with E-state index in [0.717, 1.165) is 5.56 Å². The molecule has 0 saturated heterocycles. The average molecular weight is 479 g/mol. The fraction of sp³-hybridized carbons (Fsp3) is 0.0476. The van der Waals surface area contributed by atoms with Crippen LogP contribution < -0.4 is 10.2 Å². The number of hydrogen-bond acceptors (Lipinski definition) is 5. The Morgan fingerprint density at radius 3 is 2.39 bits per heavy atom. The molecule has 0 spiro atoms. The predicted octanol–water partition coefficient (Wildman–Crippen LogP) is 5.08. The Balaban J connectivity index is 1.64. The number of hydrazone groups is 1. The maximum absolute atomic E-state index is 12.1. The van der Waals surface area contributed by atoms with E-state index in [-0.39, 0.29) is 38.7 Å². The molecule has 10 heteroatoms. The van der Waals surface area contributed by atoms with Crippen LogP contribution in [0.2, 0.25) is 15.2 Å². The Morgan fingerprint density at radius 1 is 1.10 bits per heavy atom. The predicted molar refractivity (Wildman–Crippen MR) is 119 cm³/mol. The summed E-state index contributed by atoms with van der Waals surface area (Å²) in [6, 6.07) is 12.5. The lowest BCUT2D eigenvalue weighted by Gasteiger charge is -2.11. The van der Waals surface area contributed by atoms with E-state index < -0.39 is 11.9 Å². The number of aromatic carboxylic acids is 1. The van der Waals surface area contributed by atoms with Crippen molar-refractivity contribution in [3.8, 4) is 5.75 Å². The number of carbonyl (C=O) groups excluding carboxylic acids is 1. The molecule has 0 aliphatic heterocycles. The first-order valence-electron chi connectivity index (χ1n) is 8.73. The van der Waals surface area contributed by atoms with Crippen LogP contribution in [0.3, 0.4) is 0 Å². The topological polar surface area (TPSA) is 101 Å². The summed E-state index contributed by atoms with van der Waals surface area (Å²) < 4.78 is 5.68. The highest BCUT2D eigenvalue weighted by Crippen LogP contribution is 2.34. The summed E-state index contributed by atoms with van der Waals surface area (Å²) in [5.74, 6) is -1.25. The van der Waals surface area contributed by atoms with Crippen molar-refractivity contribution in [2.75, 3.05) is 0 Å². The molecule has 0 radical (unpaired) electrons. The third-order valence-corrected chi connectivity index (χ3v) is 4.85. The van der Waals surface area contributed by atoms with Crippen LogP contribution in [-0.4, -0.2) is 28.2 Å². The van der Waals surface area contributed by atoms with Gasteiger partial charge in [0.25, 0.3) is 5.91 Å². The van der Waals surface area contributed by atoms with Gasteiger partial charge in [-0.1, -0.05) is 46.9 Å². The Bertz CT molecular complexity index is 1130. The molecule has 1 amide bonds. The van der Waals surface area contributed by atoms with Gasteiger partial charge in [0, 0.05) is 6.20 Å². The quantitative estimate of drug-likeness (QED) is 0.280. The summed E-state index contributed by atoms with van der Waals surface area (Å²) >= 11 is 18.4. The summed E-state index contributed by atoms with van der Waals surface area (Å²) in [4.78, 5) is 26.8. The number of carboxylic acids is 1. The smallest absolute Gasteiger partial charge is 0.335 e. The van der Waals surface area contributed by atoms with Crippen LogP contribution >= 0.6 is 34.8 Å². The second-order valence-electron chi connectivity index (χ2n) is 6.15. The van der Waals surface area contributed by atoms with Crippen molar-refractivity contribution in [1.82, 2.24) is 10.4 Å². The van der Waals surface area contributed by atoms with Crippen LogP contribution in [0.1, 0.15) is 31.8 Å². The van der Waals surface area contributed by atoms with E-state index in [1.807, 2.05) is 0 Å². The maximum Gasteiger partial charge on any atom is 0.335 e. The molecule has 2 N–H and O–H groups in total. The van der Waals surface area contributed by atoms with Gasteiger partial charge in [-0.3, -0.25) is 4.79 Å². The van der Waals surface area contributed by atoms with Crippen molar-refractivity contribution in [3.05, 3.63) is 92.2 Å². The highest BCUT2D eigenvalue weighted by atomic mass is 35.5. The number of hydrogen-bond donors (Lipinski definition) is 2. The molecule has 7 nitrogen and oxygen atoms in total. The molecule has 0 unspecified atom stereocenters. The second kappa shape index (κ2) is 10.3. The van der Waals surface area contributed by atoms with Crippen LogP contribution in [0.5, 0.6) is 5.75 Å². The number of pyridine rings is 1. The Kier molecular flexibility index (Phi) is 7.46. The first kappa shape index (κ1) is 22.6. The van der Waals surface area contributed by atoms with Crippen LogP contribution in [0, 0.1) is 0 Å². The number of carboxylic acid groups (broad SMARTS) is 1. The zero-order chi connectivity index (χ0) is 22.4. The summed E-state index contributed by atoms with van der Waals surface area (Å²) in [6.07, 6.45) is 2.84. The monoisotopic (exact) mass is 477 g/mol. The fourth-order valence-electron chi connectivity index (χ4n) is 2.47. The first-order chi connectivity index (χ1) is 14.8. The molecule has 0 aliphatic carbocycles. The zero-order valence-corrected chi connectivity index (χ0v) is 17.9. The molecule has 0 saturated carbocycles. The second-order valence-corrected chi connectivity index (χ2v) is 7.32. The van der Waals surface area contributed by atoms with Gasteiger partial charge in [-0.05, 0) is 47.5 Å². The summed E-state index contributed by atoms with van der Waals surface area (Å²) in [7, 11) is 0. The third-order valence-electron chi connectivity index (χ3n) is 3.99. The van der Waals surface area contributed by atoms with Gasteiger partial charge < -0.3 is 9.84 Å². The van der Waals surface area contributed by atoms with Crippen LogP contribution in [0.25, 0.3) is 0 Å². The molecule has 2 aromatic carbocycles. The van der Waals surface area contributed by atoms with Gasteiger partial charge in [-0.2, -0.15) is 5.10 Å². The lowest BCUT2D eigenvalue weighted by atomic mass is 10.1. The van der Waals surface area contributed by atoms with Gasteiger partial charge >= 0.3 is 5.97 Å². The number of nitrogens with one attached hydrogen (secondary N) is 1. The van der Waals surface area contributed by atoms with Crippen molar-refractivity contribution in [2.45, 2.75) is 6.61 Å². The summed E-state index contributed by atoms with van der Waals surface area (Å²) in [5, 5.41) is 13.4. The average Bonchev–Trinajstić information content (AvgIpc) is 2.73. The Labute approximate surface area is 192 Å². The normalized spacial score (nSPS) is 10.8. The molecule has 3 rings (SSSR count). The van der Waals surface area contributed by atoms with E-state index in [1.54, 1.807) is 30.3 Å². The van der Waals surface area contributed by atoms with E-state index in [9.17, 15) is 9.59 Å². The molecule has 1 aromatic heterocycles. The molecule has 0 atom stereocenters. The largest absolute Gasteiger partial charge is 0.486 e. The number of halogens is 3. The highest BCUT2D eigenvalue weighted by Gasteiger charge is 2.11. The van der Waals surface area contributed by atoms with Crippen molar-refractivity contribution in [2.24, 2.45) is 5.10 Å². The number of ether oxygens (including phenoxy) is 1. The van der Waals surface area contributed by atoms with Gasteiger partial charge in [0.15, 0.2) is 5.75 Å². The molecule has 3 aromatic rings. The molecule has 158 valence electrons. The third kappa shape index (κ3) is 5.95. The zero-order valence-electron chi connectivity index (χ0n) is 15.7. The number of benzene rings is 2. The van der Waals surface area contributed by atoms with Crippen LogP contribution in [0.4, 0.5) is 0 Å². The lowest BCUT2D eigenvalue weighted by molar-refractivity contribution is 0.0696. The maximum atomic E-state index is 12.1. The molecular formula is C21H14Cl3N3O4. The van der Waals surface area contributed by atoms with E-state index in [2.05, 4.69) is 15.5 Å². The van der Waals surface area contributed by atoms with E-state index in [4.69, 9.17) is 44.6 Å². The minimum atomic E-state index is -1.00. The minimum absolute atomic E-state index is 0.0698. The van der Waals surface area contributed by atoms with Gasteiger partial charge in [-0.25, -0.2) is 15.2 Å². The number of rotatable bonds is 7. The first-order valence-corrected chi connectivity index (χ1v) is 9.86. The Morgan fingerprint density at radius 2 is 1.77 bits per heavy atom. The van der Waals surface area contributed by atoms with Gasteiger partial charge in [0.1, 0.15) is 11.8 Å². The van der Waals surface area contributed by atoms with E-state index >= 15 is 0 Å².